The van der Waals surface area contributed by atoms with E-state index in [1.165, 1.54) is 0 Å². The highest BCUT2D eigenvalue weighted by molar-refractivity contribution is 5.05. The Hall–Kier alpha value is -1.79. The molecular weight excluding hydrogens is 292 g/mol. The maximum atomic E-state index is 6.01. The number of piperidine rings is 1. The standard InChI is InChI=1S/C17H22N4O2/c1-12-19-20-17(23-12)14-6-9-22-16-5-8-21(11-15(14)16)10-13-4-2-3-7-18-13/h2-4,7,14-16H,5-6,8-11H2,1H3/t14-,15+,16+/m1/s1. The molecule has 6 nitrogen and oxygen atoms in total. The van der Waals surface area contributed by atoms with Gasteiger partial charge >= 0.3 is 0 Å². The average Bonchev–Trinajstić information content (AvgIpc) is 3.01. The van der Waals surface area contributed by atoms with Gasteiger partial charge < -0.3 is 9.15 Å². The van der Waals surface area contributed by atoms with Gasteiger partial charge in [-0.05, 0) is 25.0 Å². The van der Waals surface area contributed by atoms with Crippen LogP contribution in [-0.2, 0) is 11.3 Å². The summed E-state index contributed by atoms with van der Waals surface area (Å²) >= 11 is 0. The summed E-state index contributed by atoms with van der Waals surface area (Å²) in [4.78, 5) is 6.91. The first-order chi connectivity index (χ1) is 11.3. The van der Waals surface area contributed by atoms with Gasteiger partial charge in [-0.15, -0.1) is 10.2 Å². The second-order valence-electron chi connectivity index (χ2n) is 6.47. The maximum Gasteiger partial charge on any atom is 0.220 e. The summed E-state index contributed by atoms with van der Waals surface area (Å²) in [6, 6.07) is 6.09. The van der Waals surface area contributed by atoms with Gasteiger partial charge in [-0.1, -0.05) is 6.07 Å². The number of nitrogens with zero attached hydrogens (tertiary/aromatic N) is 4. The number of pyridine rings is 1. The molecule has 4 rings (SSSR count). The third-order valence-electron chi connectivity index (χ3n) is 4.92. The highest BCUT2D eigenvalue weighted by atomic mass is 16.5. The lowest BCUT2D eigenvalue weighted by Crippen LogP contribution is -2.48. The first-order valence-corrected chi connectivity index (χ1v) is 8.33. The Balaban J connectivity index is 1.49. The number of likely N-dealkylation sites (tertiary alicyclic amines) is 1. The van der Waals surface area contributed by atoms with Crippen molar-refractivity contribution < 1.29 is 9.15 Å². The Morgan fingerprint density at radius 3 is 3.00 bits per heavy atom. The topological polar surface area (TPSA) is 64.3 Å². The van der Waals surface area contributed by atoms with Crippen LogP contribution in [0.3, 0.4) is 0 Å². The van der Waals surface area contributed by atoms with Gasteiger partial charge in [-0.25, -0.2) is 0 Å². The molecule has 0 unspecified atom stereocenters. The predicted octanol–water partition coefficient (Wildman–Crippen LogP) is 2.17. The number of aromatic nitrogens is 3. The monoisotopic (exact) mass is 314 g/mol. The van der Waals surface area contributed by atoms with Crippen molar-refractivity contribution in [2.24, 2.45) is 5.92 Å². The molecule has 0 N–H and O–H groups in total. The maximum absolute atomic E-state index is 6.01. The van der Waals surface area contributed by atoms with Crippen LogP contribution < -0.4 is 0 Å². The Morgan fingerprint density at radius 1 is 1.26 bits per heavy atom. The fourth-order valence-corrected chi connectivity index (χ4v) is 3.82. The highest BCUT2D eigenvalue weighted by Crippen LogP contribution is 2.39. The molecule has 2 aliphatic rings. The zero-order chi connectivity index (χ0) is 15.6. The van der Waals surface area contributed by atoms with Gasteiger partial charge in [-0.3, -0.25) is 9.88 Å². The van der Waals surface area contributed by atoms with E-state index in [2.05, 4.69) is 26.1 Å². The Kier molecular flexibility index (Phi) is 4.10. The van der Waals surface area contributed by atoms with E-state index >= 15 is 0 Å². The smallest absolute Gasteiger partial charge is 0.220 e. The molecular formula is C17H22N4O2. The lowest BCUT2D eigenvalue weighted by molar-refractivity contribution is -0.0822. The first kappa shape index (κ1) is 14.8. The van der Waals surface area contributed by atoms with Crippen molar-refractivity contribution in [2.45, 2.75) is 38.3 Å². The molecule has 2 aromatic rings. The summed E-state index contributed by atoms with van der Waals surface area (Å²) < 4.78 is 11.7. The van der Waals surface area contributed by atoms with Crippen molar-refractivity contribution >= 4 is 0 Å². The predicted molar refractivity (Wildman–Crippen MR) is 83.8 cm³/mol. The van der Waals surface area contributed by atoms with Crippen molar-refractivity contribution in [3.05, 3.63) is 41.9 Å². The van der Waals surface area contributed by atoms with Crippen LogP contribution in [0.15, 0.2) is 28.8 Å². The number of aryl methyl sites for hydroxylation is 1. The van der Waals surface area contributed by atoms with Gasteiger partial charge in [0.05, 0.1) is 11.8 Å². The van der Waals surface area contributed by atoms with Gasteiger partial charge in [0.1, 0.15) is 0 Å². The second-order valence-corrected chi connectivity index (χ2v) is 6.47. The molecule has 122 valence electrons. The molecule has 0 spiro atoms. The minimum Gasteiger partial charge on any atom is -0.425 e. The lowest BCUT2D eigenvalue weighted by atomic mass is 9.79. The number of rotatable bonds is 3. The minimum absolute atomic E-state index is 0.306. The fourth-order valence-electron chi connectivity index (χ4n) is 3.82. The number of fused-ring (bicyclic) bond motifs is 1. The van der Waals surface area contributed by atoms with Crippen LogP contribution in [0.2, 0.25) is 0 Å². The van der Waals surface area contributed by atoms with Crippen molar-refractivity contribution in [1.82, 2.24) is 20.1 Å². The Morgan fingerprint density at radius 2 is 2.22 bits per heavy atom. The molecule has 0 aromatic carbocycles. The van der Waals surface area contributed by atoms with Crippen molar-refractivity contribution in [3.63, 3.8) is 0 Å². The molecule has 0 radical (unpaired) electrons. The van der Waals surface area contributed by atoms with Crippen LogP contribution in [0.25, 0.3) is 0 Å². The minimum atomic E-state index is 0.306. The number of hydrogen-bond acceptors (Lipinski definition) is 6. The van der Waals surface area contributed by atoms with E-state index in [9.17, 15) is 0 Å². The first-order valence-electron chi connectivity index (χ1n) is 8.33. The lowest BCUT2D eigenvalue weighted by Gasteiger charge is -2.44. The molecule has 2 aliphatic heterocycles. The summed E-state index contributed by atoms with van der Waals surface area (Å²) in [7, 11) is 0. The SMILES string of the molecule is Cc1nnc([C@@H]2CCO[C@H]3CCN(Cc4ccccn4)C[C@H]32)o1. The number of ether oxygens (including phenoxy) is 1. The van der Waals surface area contributed by atoms with Crippen LogP contribution in [-0.4, -0.2) is 45.9 Å². The van der Waals surface area contributed by atoms with Gasteiger partial charge in [-0.2, -0.15) is 0 Å². The molecule has 0 amide bonds. The summed E-state index contributed by atoms with van der Waals surface area (Å²) in [6.07, 6.45) is 4.18. The van der Waals surface area contributed by atoms with Gasteiger partial charge in [0.2, 0.25) is 11.8 Å². The van der Waals surface area contributed by atoms with Gasteiger partial charge in [0.15, 0.2) is 0 Å². The normalized spacial score (nSPS) is 28.5. The molecule has 6 heteroatoms. The van der Waals surface area contributed by atoms with E-state index in [1.54, 1.807) is 0 Å². The van der Waals surface area contributed by atoms with E-state index in [-0.39, 0.29) is 0 Å². The van der Waals surface area contributed by atoms with Crippen LogP contribution in [0.4, 0.5) is 0 Å². The molecule has 4 heterocycles. The fraction of sp³-hybridized carbons (Fsp3) is 0.588. The summed E-state index contributed by atoms with van der Waals surface area (Å²) in [5.74, 6) is 2.15. The quantitative estimate of drug-likeness (QED) is 0.865. The summed E-state index contributed by atoms with van der Waals surface area (Å²) in [5, 5.41) is 8.27. The van der Waals surface area contributed by atoms with Crippen LogP contribution in [0, 0.1) is 12.8 Å². The van der Waals surface area contributed by atoms with Crippen molar-refractivity contribution in [3.8, 4) is 0 Å². The number of hydrogen-bond donors (Lipinski definition) is 0. The molecule has 2 fully saturated rings. The molecule has 3 atom stereocenters. The van der Waals surface area contributed by atoms with Gasteiger partial charge in [0, 0.05) is 51.2 Å². The van der Waals surface area contributed by atoms with E-state index in [0.29, 0.717) is 23.8 Å². The average molecular weight is 314 g/mol. The van der Waals surface area contributed by atoms with Crippen LogP contribution >= 0.6 is 0 Å². The van der Waals surface area contributed by atoms with E-state index in [4.69, 9.17) is 9.15 Å². The van der Waals surface area contributed by atoms with Crippen molar-refractivity contribution in [1.29, 1.82) is 0 Å². The summed E-state index contributed by atoms with van der Waals surface area (Å²) in [6.45, 7) is 5.56. The van der Waals surface area contributed by atoms with Crippen LogP contribution in [0.5, 0.6) is 0 Å². The molecule has 2 aromatic heterocycles. The van der Waals surface area contributed by atoms with E-state index in [1.807, 2.05) is 25.3 Å². The molecule has 23 heavy (non-hydrogen) atoms. The van der Waals surface area contributed by atoms with E-state index < -0.39 is 0 Å². The molecule has 0 bridgehead atoms. The largest absolute Gasteiger partial charge is 0.425 e. The van der Waals surface area contributed by atoms with Crippen molar-refractivity contribution in [2.75, 3.05) is 19.7 Å². The molecule has 0 saturated carbocycles. The third-order valence-corrected chi connectivity index (χ3v) is 4.92. The molecule has 0 aliphatic carbocycles. The van der Waals surface area contributed by atoms with E-state index in [0.717, 1.165) is 50.7 Å². The zero-order valence-electron chi connectivity index (χ0n) is 13.4. The Labute approximate surface area is 135 Å². The molecule has 2 saturated heterocycles. The van der Waals surface area contributed by atoms with Crippen LogP contribution in [0.1, 0.15) is 36.2 Å². The third kappa shape index (κ3) is 3.14. The second kappa shape index (κ2) is 6.37. The zero-order valence-corrected chi connectivity index (χ0v) is 13.4. The Bertz CT molecular complexity index is 645. The summed E-state index contributed by atoms with van der Waals surface area (Å²) in [5.41, 5.74) is 1.12. The van der Waals surface area contributed by atoms with Gasteiger partial charge in [0.25, 0.3) is 0 Å². The highest BCUT2D eigenvalue weighted by Gasteiger charge is 2.41.